The zero-order chi connectivity index (χ0) is 10.8. The van der Waals surface area contributed by atoms with Crippen molar-refractivity contribution in [3.8, 4) is 0 Å². The van der Waals surface area contributed by atoms with Gasteiger partial charge in [0.15, 0.2) is 0 Å². The smallest absolute Gasteiger partial charge is 0.0238 e. The molecule has 0 heterocycles. The van der Waals surface area contributed by atoms with Crippen LogP contribution < -0.4 is 0 Å². The lowest BCUT2D eigenvalue weighted by molar-refractivity contribution is 0.979. The van der Waals surface area contributed by atoms with Crippen LogP contribution >= 0.6 is 0 Å². The lowest BCUT2D eigenvalue weighted by atomic mass is 9.98. The van der Waals surface area contributed by atoms with Crippen molar-refractivity contribution >= 4 is 0 Å². The molecule has 0 unspecified atom stereocenters. The van der Waals surface area contributed by atoms with Crippen LogP contribution in [0.2, 0.25) is 0 Å². The van der Waals surface area contributed by atoms with Gasteiger partial charge in [-0.05, 0) is 30.9 Å². The highest BCUT2D eigenvalue weighted by Gasteiger charge is 1.99. The first-order valence-electron chi connectivity index (χ1n) is 5.43. The maximum Gasteiger partial charge on any atom is -0.0238 e. The van der Waals surface area contributed by atoms with Crippen molar-refractivity contribution in [2.75, 3.05) is 0 Å². The van der Waals surface area contributed by atoms with Gasteiger partial charge in [0.1, 0.15) is 0 Å². The Labute approximate surface area is 88.7 Å². The van der Waals surface area contributed by atoms with E-state index in [1.807, 2.05) is 13.0 Å². The van der Waals surface area contributed by atoms with Crippen LogP contribution in [0.1, 0.15) is 40.0 Å². The molecular formula is C14H22. The Bertz CT molecular complexity index is 239. The average molecular weight is 190 g/mol. The molecule has 0 saturated carbocycles. The molecule has 78 valence electrons. The highest BCUT2D eigenvalue weighted by molar-refractivity contribution is 5.40. The largest absolute Gasteiger partial charge is 0.0915 e. The summed E-state index contributed by atoms with van der Waals surface area (Å²) in [5, 5.41) is 0. The van der Waals surface area contributed by atoms with Crippen LogP contribution in [0.5, 0.6) is 0 Å². The molecule has 0 nitrogen and oxygen atoms in total. The molecule has 0 amide bonds. The molecule has 1 rings (SSSR count). The Balaban J connectivity index is 0.000000500. The third-order valence-electron chi connectivity index (χ3n) is 1.79. The minimum Gasteiger partial charge on any atom is -0.0915 e. The second-order valence-electron chi connectivity index (χ2n) is 3.39. The van der Waals surface area contributed by atoms with Gasteiger partial charge in [0.2, 0.25) is 0 Å². The van der Waals surface area contributed by atoms with Crippen molar-refractivity contribution in [3.05, 3.63) is 48.1 Å². The van der Waals surface area contributed by atoms with E-state index in [-0.39, 0.29) is 0 Å². The number of rotatable bonds is 2. The molecule has 0 N–H and O–H groups in total. The molecule has 0 spiro atoms. The monoisotopic (exact) mass is 190 g/mol. The molecule has 0 heteroatoms. The summed E-state index contributed by atoms with van der Waals surface area (Å²) >= 11 is 0. The molecule has 0 saturated heterocycles. The summed E-state index contributed by atoms with van der Waals surface area (Å²) in [5.74, 6) is 0. The summed E-state index contributed by atoms with van der Waals surface area (Å²) in [7, 11) is 0. The first-order valence-corrected chi connectivity index (χ1v) is 5.43. The minimum atomic E-state index is 1.14. The zero-order valence-electron chi connectivity index (χ0n) is 9.72. The van der Waals surface area contributed by atoms with Crippen LogP contribution in [0.25, 0.3) is 0 Å². The van der Waals surface area contributed by atoms with Crippen LogP contribution in [-0.2, 0) is 0 Å². The molecule has 14 heavy (non-hydrogen) atoms. The summed E-state index contributed by atoms with van der Waals surface area (Å²) in [6, 6.07) is 0. The molecule has 0 atom stereocenters. The third-order valence-corrected chi connectivity index (χ3v) is 1.79. The standard InChI is InChI=1S/C11H14.C3H8/c1-3-7-10(2)11-8-5-4-6-9-11;1-3-2/h3-5,7-8H,2,6,9H2,1H3;3H2,1-2H3/b7-3-;. The fraction of sp³-hybridized carbons (Fsp3) is 0.429. The SMILES string of the molecule is C=C(/C=C\C)C1=CC=CCC1.CCC. The summed E-state index contributed by atoms with van der Waals surface area (Å²) in [4.78, 5) is 0. The number of allylic oxidation sites excluding steroid dienone is 7. The van der Waals surface area contributed by atoms with Crippen molar-refractivity contribution in [1.29, 1.82) is 0 Å². The lowest BCUT2D eigenvalue weighted by Crippen LogP contribution is -1.88. The van der Waals surface area contributed by atoms with Crippen LogP contribution in [0.4, 0.5) is 0 Å². The minimum absolute atomic E-state index is 1.14. The topological polar surface area (TPSA) is 0 Å². The predicted octanol–water partition coefficient (Wildman–Crippen LogP) is 4.81. The van der Waals surface area contributed by atoms with E-state index in [1.54, 1.807) is 0 Å². The van der Waals surface area contributed by atoms with Crippen molar-refractivity contribution in [2.24, 2.45) is 0 Å². The molecule has 1 aliphatic carbocycles. The highest BCUT2D eigenvalue weighted by Crippen LogP contribution is 2.19. The molecular weight excluding hydrogens is 168 g/mol. The zero-order valence-corrected chi connectivity index (χ0v) is 9.72. The highest BCUT2D eigenvalue weighted by atomic mass is 14.0. The normalized spacial score (nSPS) is 14.6. The number of hydrogen-bond donors (Lipinski definition) is 0. The predicted molar refractivity (Wildman–Crippen MR) is 66.4 cm³/mol. The fourth-order valence-electron chi connectivity index (χ4n) is 1.18. The first-order chi connectivity index (χ1) is 6.76. The van der Waals surface area contributed by atoms with Gasteiger partial charge in [0.05, 0.1) is 0 Å². The van der Waals surface area contributed by atoms with Gasteiger partial charge >= 0.3 is 0 Å². The summed E-state index contributed by atoms with van der Waals surface area (Å²) < 4.78 is 0. The first kappa shape index (κ1) is 13.0. The van der Waals surface area contributed by atoms with E-state index in [0.717, 1.165) is 18.4 Å². The second kappa shape index (κ2) is 8.55. The molecule has 1 aliphatic rings. The summed E-state index contributed by atoms with van der Waals surface area (Å²) in [5.41, 5.74) is 2.52. The van der Waals surface area contributed by atoms with Gasteiger partial charge in [-0.25, -0.2) is 0 Å². The van der Waals surface area contributed by atoms with E-state index >= 15 is 0 Å². The van der Waals surface area contributed by atoms with Crippen LogP contribution in [0.15, 0.2) is 48.1 Å². The summed E-state index contributed by atoms with van der Waals surface area (Å²) in [6.45, 7) is 10.2. The van der Waals surface area contributed by atoms with Crippen molar-refractivity contribution < 1.29 is 0 Å². The molecule has 0 aliphatic heterocycles. The Morgan fingerprint density at radius 2 is 2.14 bits per heavy atom. The molecule has 0 aromatic heterocycles. The quantitative estimate of drug-likeness (QED) is 0.548. The molecule has 0 aromatic rings. The van der Waals surface area contributed by atoms with Gasteiger partial charge in [-0.2, -0.15) is 0 Å². The van der Waals surface area contributed by atoms with E-state index in [0.29, 0.717) is 0 Å². The Hall–Kier alpha value is -1.04. The Morgan fingerprint density at radius 1 is 1.50 bits per heavy atom. The van der Waals surface area contributed by atoms with Crippen molar-refractivity contribution in [2.45, 2.75) is 40.0 Å². The maximum atomic E-state index is 3.98. The number of hydrogen-bond acceptors (Lipinski definition) is 0. The van der Waals surface area contributed by atoms with Gasteiger partial charge in [0, 0.05) is 0 Å². The van der Waals surface area contributed by atoms with Crippen molar-refractivity contribution in [1.82, 2.24) is 0 Å². The van der Waals surface area contributed by atoms with Gasteiger partial charge in [-0.3, -0.25) is 0 Å². The molecule has 0 fully saturated rings. The maximum absolute atomic E-state index is 3.98. The van der Waals surface area contributed by atoms with E-state index in [1.165, 1.54) is 12.0 Å². The van der Waals surface area contributed by atoms with E-state index in [4.69, 9.17) is 0 Å². The van der Waals surface area contributed by atoms with Crippen LogP contribution in [0.3, 0.4) is 0 Å². The molecule has 0 radical (unpaired) electrons. The van der Waals surface area contributed by atoms with Crippen molar-refractivity contribution in [3.63, 3.8) is 0 Å². The Morgan fingerprint density at radius 3 is 2.57 bits per heavy atom. The van der Waals surface area contributed by atoms with Crippen LogP contribution in [0, 0.1) is 0 Å². The van der Waals surface area contributed by atoms with Gasteiger partial charge < -0.3 is 0 Å². The average Bonchev–Trinajstić information content (AvgIpc) is 2.21. The van der Waals surface area contributed by atoms with E-state index in [2.05, 4.69) is 44.7 Å². The van der Waals surface area contributed by atoms with Crippen LogP contribution in [-0.4, -0.2) is 0 Å². The molecule has 0 bridgehead atoms. The van der Waals surface area contributed by atoms with Gasteiger partial charge in [-0.1, -0.05) is 57.2 Å². The second-order valence-corrected chi connectivity index (χ2v) is 3.39. The van der Waals surface area contributed by atoms with Gasteiger partial charge in [-0.15, -0.1) is 0 Å². The molecule has 0 aromatic carbocycles. The van der Waals surface area contributed by atoms with E-state index < -0.39 is 0 Å². The fourth-order valence-corrected chi connectivity index (χ4v) is 1.18. The van der Waals surface area contributed by atoms with E-state index in [9.17, 15) is 0 Å². The third kappa shape index (κ3) is 5.58. The Kier molecular flexibility index (Phi) is 7.92. The summed E-state index contributed by atoms with van der Waals surface area (Å²) in [6.07, 6.45) is 14.1. The van der Waals surface area contributed by atoms with Gasteiger partial charge in [0.25, 0.3) is 0 Å². The lowest BCUT2D eigenvalue weighted by Gasteiger charge is -2.07.